The van der Waals surface area contributed by atoms with Crippen LogP contribution in [0.2, 0.25) is 0 Å². The van der Waals surface area contributed by atoms with E-state index in [2.05, 4.69) is 84.1 Å². The summed E-state index contributed by atoms with van der Waals surface area (Å²) < 4.78 is 6.25. The molecule has 0 spiro atoms. The lowest BCUT2D eigenvalue weighted by Gasteiger charge is -2.19. The summed E-state index contributed by atoms with van der Waals surface area (Å²) in [6.07, 6.45) is 3.25. The molecule has 4 rings (SSSR count). The van der Waals surface area contributed by atoms with Crippen molar-refractivity contribution in [2.75, 3.05) is 11.9 Å². The minimum atomic E-state index is -0.0302. The van der Waals surface area contributed by atoms with Crippen LogP contribution >= 0.6 is 0 Å². The van der Waals surface area contributed by atoms with Gasteiger partial charge in [0.25, 0.3) is 0 Å². The van der Waals surface area contributed by atoms with Crippen LogP contribution in [0, 0.1) is 25.2 Å². The van der Waals surface area contributed by atoms with Crippen molar-refractivity contribution in [1.82, 2.24) is 10.3 Å². The molecule has 0 aliphatic carbocycles. The predicted octanol–water partition coefficient (Wildman–Crippen LogP) is 5.90. The molecule has 3 N–H and O–H groups in total. The lowest BCUT2D eigenvalue weighted by molar-refractivity contribution is 0.249. The van der Waals surface area contributed by atoms with Crippen molar-refractivity contribution in [3.63, 3.8) is 0 Å². The molecule has 1 atom stereocenters. The second-order valence-electron chi connectivity index (χ2n) is 9.53. The average Bonchev–Trinajstić information content (AvgIpc) is 2.95. The molecule has 0 amide bonds. The van der Waals surface area contributed by atoms with E-state index in [1.54, 1.807) is 12.3 Å². The first-order chi connectivity index (χ1) is 18.5. The summed E-state index contributed by atoms with van der Waals surface area (Å²) in [6.45, 7) is 7.79. The van der Waals surface area contributed by atoms with Gasteiger partial charge in [0.1, 0.15) is 18.4 Å². The van der Waals surface area contributed by atoms with Gasteiger partial charge in [-0.2, -0.15) is 5.26 Å². The van der Waals surface area contributed by atoms with E-state index in [4.69, 9.17) is 4.74 Å². The third-order valence-electron chi connectivity index (χ3n) is 6.64. The van der Waals surface area contributed by atoms with Gasteiger partial charge in [-0.05, 0) is 60.7 Å². The van der Waals surface area contributed by atoms with E-state index in [1.807, 2.05) is 19.1 Å². The lowest BCUT2D eigenvalue weighted by atomic mass is 9.96. The largest absolute Gasteiger partial charge is 0.488 e. The van der Waals surface area contributed by atoms with Gasteiger partial charge in [-0.3, -0.25) is 4.98 Å². The molecule has 0 radical (unpaired) electrons. The molecule has 0 aliphatic heterocycles. The number of hydrogen-bond donors (Lipinski definition) is 3. The van der Waals surface area contributed by atoms with Crippen LogP contribution in [0.5, 0.6) is 5.75 Å². The summed E-state index contributed by atoms with van der Waals surface area (Å²) in [4.78, 5) is 4.14. The number of aromatic nitrogens is 1. The SMILES string of the molecule is Cc1cc(CN[C@@H](C)CO)c(OCc2cncc(C#N)c2)cc1NCc1cccc(-c2ccccc2)c1C. The van der Waals surface area contributed by atoms with E-state index < -0.39 is 0 Å². The molecule has 0 saturated heterocycles. The monoisotopic (exact) mass is 506 g/mol. The van der Waals surface area contributed by atoms with Crippen molar-refractivity contribution in [2.45, 2.75) is 46.5 Å². The normalized spacial score (nSPS) is 11.6. The molecule has 0 saturated carbocycles. The van der Waals surface area contributed by atoms with Gasteiger partial charge in [0.05, 0.1) is 12.2 Å². The second-order valence-corrected chi connectivity index (χ2v) is 9.53. The molecule has 4 aromatic rings. The Bertz CT molecular complexity index is 1410. The summed E-state index contributed by atoms with van der Waals surface area (Å²) in [6, 6.07) is 24.9. The minimum absolute atomic E-state index is 0.0302. The van der Waals surface area contributed by atoms with E-state index in [0.717, 1.165) is 28.1 Å². The van der Waals surface area contributed by atoms with E-state index in [0.29, 0.717) is 25.3 Å². The van der Waals surface area contributed by atoms with E-state index in [1.165, 1.54) is 28.5 Å². The van der Waals surface area contributed by atoms with Crippen LogP contribution in [0.15, 0.2) is 79.1 Å². The molecule has 0 bridgehead atoms. The zero-order chi connectivity index (χ0) is 26.9. The van der Waals surface area contributed by atoms with Gasteiger partial charge in [0.2, 0.25) is 0 Å². The van der Waals surface area contributed by atoms with Crippen molar-refractivity contribution >= 4 is 5.69 Å². The fourth-order valence-corrected chi connectivity index (χ4v) is 4.34. The smallest absolute Gasteiger partial charge is 0.126 e. The molecule has 3 aromatic carbocycles. The minimum Gasteiger partial charge on any atom is -0.488 e. The topological polar surface area (TPSA) is 90.2 Å². The number of aliphatic hydroxyl groups is 1. The third kappa shape index (κ3) is 6.77. The van der Waals surface area contributed by atoms with E-state index in [-0.39, 0.29) is 12.6 Å². The molecule has 6 heteroatoms. The van der Waals surface area contributed by atoms with Crippen molar-refractivity contribution in [3.8, 4) is 22.9 Å². The molecule has 194 valence electrons. The maximum absolute atomic E-state index is 9.44. The quantitative estimate of drug-likeness (QED) is 0.235. The Balaban J connectivity index is 1.56. The van der Waals surface area contributed by atoms with Crippen molar-refractivity contribution in [2.24, 2.45) is 0 Å². The number of hydrogen-bond acceptors (Lipinski definition) is 6. The predicted molar refractivity (Wildman–Crippen MR) is 152 cm³/mol. The first kappa shape index (κ1) is 26.9. The van der Waals surface area contributed by atoms with Crippen molar-refractivity contribution in [3.05, 3.63) is 113 Å². The number of anilines is 1. The molecule has 0 fully saturated rings. The second kappa shape index (κ2) is 12.9. The van der Waals surface area contributed by atoms with Crippen LogP contribution in [0.3, 0.4) is 0 Å². The molecular weight excluding hydrogens is 472 g/mol. The van der Waals surface area contributed by atoms with E-state index >= 15 is 0 Å². The van der Waals surface area contributed by atoms with Crippen LogP contribution in [0.25, 0.3) is 11.1 Å². The maximum Gasteiger partial charge on any atom is 0.126 e. The number of rotatable bonds is 11. The Labute approximate surface area is 225 Å². The van der Waals surface area contributed by atoms with Gasteiger partial charge in [0.15, 0.2) is 0 Å². The highest BCUT2D eigenvalue weighted by Crippen LogP contribution is 2.30. The van der Waals surface area contributed by atoms with Gasteiger partial charge in [-0.25, -0.2) is 0 Å². The van der Waals surface area contributed by atoms with Gasteiger partial charge < -0.3 is 20.5 Å². The molecule has 6 nitrogen and oxygen atoms in total. The first-order valence-electron chi connectivity index (χ1n) is 12.8. The molecular formula is C32H34N4O2. The summed E-state index contributed by atoms with van der Waals surface area (Å²) in [5.41, 5.74) is 9.36. The highest BCUT2D eigenvalue weighted by molar-refractivity contribution is 5.68. The Morgan fingerprint density at radius 1 is 0.974 bits per heavy atom. The first-order valence-corrected chi connectivity index (χ1v) is 12.8. The number of nitrogens with zero attached hydrogens (tertiary/aromatic N) is 2. The Kier molecular flexibility index (Phi) is 9.10. The molecule has 0 aliphatic rings. The van der Waals surface area contributed by atoms with Crippen LogP contribution < -0.4 is 15.4 Å². The number of nitrogens with one attached hydrogen (secondary N) is 2. The maximum atomic E-state index is 9.44. The van der Waals surface area contributed by atoms with Crippen LogP contribution in [0.4, 0.5) is 5.69 Å². The number of nitriles is 1. The van der Waals surface area contributed by atoms with Crippen molar-refractivity contribution in [1.29, 1.82) is 5.26 Å². The summed E-state index contributed by atoms with van der Waals surface area (Å²) >= 11 is 0. The standard InChI is InChI=1S/C32H34N4O2/c1-22-12-29(19-35-23(2)20-37)32(38-21-26-13-25(15-33)16-34-17-26)14-31(22)36-18-28-10-7-11-30(24(28)3)27-8-5-4-6-9-27/h4-14,16-17,23,35-37H,18-21H2,1-3H3/t23-/m0/s1. The fraction of sp³-hybridized carbons (Fsp3) is 0.250. The summed E-state index contributed by atoms with van der Waals surface area (Å²) in [5.74, 6) is 0.743. The number of pyridine rings is 1. The molecule has 0 unspecified atom stereocenters. The zero-order valence-electron chi connectivity index (χ0n) is 22.2. The Hall–Kier alpha value is -4.18. The number of aliphatic hydroxyl groups excluding tert-OH is 1. The van der Waals surface area contributed by atoms with Gasteiger partial charge in [0, 0.05) is 54.4 Å². The molecule has 1 heterocycles. The number of ether oxygens (including phenoxy) is 1. The lowest BCUT2D eigenvalue weighted by Crippen LogP contribution is -2.28. The van der Waals surface area contributed by atoms with Crippen LogP contribution in [0.1, 0.15) is 40.3 Å². The zero-order valence-corrected chi connectivity index (χ0v) is 22.2. The molecule has 38 heavy (non-hydrogen) atoms. The third-order valence-corrected chi connectivity index (χ3v) is 6.64. The Morgan fingerprint density at radius 2 is 1.79 bits per heavy atom. The van der Waals surface area contributed by atoms with Crippen molar-refractivity contribution < 1.29 is 9.84 Å². The molecule has 1 aromatic heterocycles. The highest BCUT2D eigenvalue weighted by atomic mass is 16.5. The van der Waals surface area contributed by atoms with Crippen LogP contribution in [-0.2, 0) is 19.7 Å². The fourth-order valence-electron chi connectivity index (χ4n) is 4.34. The highest BCUT2D eigenvalue weighted by Gasteiger charge is 2.12. The van der Waals surface area contributed by atoms with Gasteiger partial charge in [-0.1, -0.05) is 48.5 Å². The Morgan fingerprint density at radius 3 is 2.55 bits per heavy atom. The average molecular weight is 507 g/mol. The summed E-state index contributed by atoms with van der Waals surface area (Å²) in [5, 5.41) is 25.6. The van der Waals surface area contributed by atoms with Gasteiger partial charge >= 0.3 is 0 Å². The van der Waals surface area contributed by atoms with E-state index in [9.17, 15) is 10.4 Å². The van der Waals surface area contributed by atoms with Crippen LogP contribution in [-0.4, -0.2) is 22.7 Å². The number of benzene rings is 3. The van der Waals surface area contributed by atoms with Gasteiger partial charge in [-0.15, -0.1) is 0 Å². The summed E-state index contributed by atoms with van der Waals surface area (Å²) in [7, 11) is 0. The number of aryl methyl sites for hydroxylation is 1.